The van der Waals surface area contributed by atoms with Gasteiger partial charge in [0.2, 0.25) is 0 Å². The molecular formula is C13H21NO. The molecule has 0 saturated heterocycles. The minimum absolute atomic E-state index is 0.533. The van der Waals surface area contributed by atoms with Crippen molar-refractivity contribution < 1.29 is 5.21 Å². The summed E-state index contributed by atoms with van der Waals surface area (Å²) >= 11 is 0. The largest absolute Gasteiger partial charge is 0.411 e. The molecule has 4 aliphatic carbocycles. The fraction of sp³-hybridized carbons (Fsp3) is 0.923. The number of hydrogen-bond donors (Lipinski definition) is 1. The lowest BCUT2D eigenvalue weighted by atomic mass is 9.48. The maximum Gasteiger partial charge on any atom is 0.0545 e. The zero-order valence-electron chi connectivity index (χ0n) is 9.58. The first-order valence-corrected chi connectivity index (χ1v) is 6.37. The van der Waals surface area contributed by atoms with Crippen molar-refractivity contribution in [3.8, 4) is 0 Å². The minimum Gasteiger partial charge on any atom is -0.411 e. The van der Waals surface area contributed by atoms with Gasteiger partial charge in [-0.1, -0.05) is 5.16 Å². The fourth-order valence-corrected chi connectivity index (χ4v) is 5.08. The summed E-state index contributed by atoms with van der Waals surface area (Å²) in [5.41, 5.74) is 1.47. The van der Waals surface area contributed by atoms with E-state index in [9.17, 15) is 0 Å². The maximum absolute atomic E-state index is 8.82. The van der Waals surface area contributed by atoms with Gasteiger partial charge in [-0.25, -0.2) is 0 Å². The van der Waals surface area contributed by atoms with Crippen LogP contribution in [-0.4, -0.2) is 10.9 Å². The third kappa shape index (κ3) is 1.58. The van der Waals surface area contributed by atoms with Crippen LogP contribution in [0.1, 0.15) is 51.9 Å². The zero-order valence-corrected chi connectivity index (χ0v) is 9.58. The van der Waals surface area contributed by atoms with E-state index in [1.54, 1.807) is 0 Å². The first kappa shape index (κ1) is 9.68. The van der Waals surface area contributed by atoms with Gasteiger partial charge in [-0.15, -0.1) is 0 Å². The first-order chi connectivity index (χ1) is 7.19. The van der Waals surface area contributed by atoms with E-state index in [1.807, 2.05) is 6.92 Å². The molecule has 4 fully saturated rings. The highest BCUT2D eigenvalue weighted by molar-refractivity contribution is 5.82. The molecule has 2 nitrogen and oxygen atoms in total. The van der Waals surface area contributed by atoms with Crippen LogP contribution in [0.4, 0.5) is 0 Å². The Morgan fingerprint density at radius 3 is 2.00 bits per heavy atom. The zero-order chi connectivity index (χ0) is 10.5. The van der Waals surface area contributed by atoms with Gasteiger partial charge in [0, 0.05) is 0 Å². The van der Waals surface area contributed by atoms with Crippen LogP contribution in [0.5, 0.6) is 0 Å². The summed E-state index contributed by atoms with van der Waals surface area (Å²) in [7, 11) is 0. The van der Waals surface area contributed by atoms with Crippen molar-refractivity contribution in [3.63, 3.8) is 0 Å². The SMILES string of the molecule is C/C(CC12CC3CC(CC(C3)C1)C2)=N/O. The summed E-state index contributed by atoms with van der Waals surface area (Å²) < 4.78 is 0. The lowest BCUT2D eigenvalue weighted by Crippen LogP contribution is -2.46. The number of rotatable bonds is 2. The van der Waals surface area contributed by atoms with E-state index in [0.29, 0.717) is 5.41 Å². The van der Waals surface area contributed by atoms with Crippen molar-refractivity contribution >= 4 is 5.71 Å². The maximum atomic E-state index is 8.82. The highest BCUT2D eigenvalue weighted by atomic mass is 16.4. The molecule has 4 bridgehead atoms. The summed E-state index contributed by atoms with van der Waals surface area (Å²) in [4.78, 5) is 0. The van der Waals surface area contributed by atoms with Gasteiger partial charge >= 0.3 is 0 Å². The topological polar surface area (TPSA) is 32.6 Å². The quantitative estimate of drug-likeness (QED) is 0.420. The third-order valence-electron chi connectivity index (χ3n) is 4.97. The summed E-state index contributed by atoms with van der Waals surface area (Å²) in [5.74, 6) is 3.01. The molecule has 0 atom stereocenters. The van der Waals surface area contributed by atoms with Crippen LogP contribution < -0.4 is 0 Å². The van der Waals surface area contributed by atoms with Gasteiger partial charge in [0.15, 0.2) is 0 Å². The smallest absolute Gasteiger partial charge is 0.0545 e. The highest BCUT2D eigenvalue weighted by Gasteiger charge is 2.50. The molecule has 15 heavy (non-hydrogen) atoms. The van der Waals surface area contributed by atoms with Crippen molar-refractivity contribution in [2.75, 3.05) is 0 Å². The second kappa shape index (κ2) is 3.23. The molecular weight excluding hydrogens is 186 g/mol. The van der Waals surface area contributed by atoms with Gasteiger partial charge in [0.05, 0.1) is 5.71 Å². The second-order valence-corrected chi connectivity index (χ2v) is 6.43. The Morgan fingerprint density at radius 2 is 1.60 bits per heavy atom. The minimum atomic E-state index is 0.533. The van der Waals surface area contributed by atoms with Gasteiger partial charge in [-0.3, -0.25) is 0 Å². The summed E-state index contributed by atoms with van der Waals surface area (Å²) in [6, 6.07) is 0. The molecule has 4 aliphatic rings. The van der Waals surface area contributed by atoms with Crippen molar-refractivity contribution in [3.05, 3.63) is 0 Å². The Hall–Kier alpha value is -0.530. The molecule has 1 N–H and O–H groups in total. The molecule has 0 amide bonds. The number of nitrogens with zero attached hydrogens (tertiary/aromatic N) is 1. The molecule has 2 heteroatoms. The number of hydrogen-bond acceptors (Lipinski definition) is 2. The molecule has 0 spiro atoms. The Balaban J connectivity index is 1.81. The standard InChI is InChI=1S/C13H21NO/c1-9(14-15)5-13-6-10-2-11(7-13)4-12(3-10)8-13/h10-12,15H,2-8H2,1H3/b14-9-. The normalized spacial score (nSPS) is 48.6. The molecule has 84 valence electrons. The molecule has 0 aliphatic heterocycles. The average Bonchev–Trinajstić information content (AvgIpc) is 2.14. The Bertz CT molecular complexity index is 260. The van der Waals surface area contributed by atoms with Crippen molar-refractivity contribution in [2.45, 2.75) is 51.9 Å². The Labute approximate surface area is 91.7 Å². The van der Waals surface area contributed by atoms with Crippen LogP contribution >= 0.6 is 0 Å². The van der Waals surface area contributed by atoms with Gasteiger partial charge in [0.1, 0.15) is 0 Å². The lowest BCUT2D eigenvalue weighted by Gasteiger charge is -2.57. The van der Waals surface area contributed by atoms with Gasteiger partial charge < -0.3 is 5.21 Å². The fourth-order valence-electron chi connectivity index (χ4n) is 5.08. The molecule has 0 heterocycles. The van der Waals surface area contributed by atoms with Gasteiger partial charge in [0.25, 0.3) is 0 Å². The third-order valence-corrected chi connectivity index (χ3v) is 4.97. The monoisotopic (exact) mass is 207 g/mol. The molecule has 0 aromatic rings. The van der Waals surface area contributed by atoms with Crippen molar-refractivity contribution in [1.82, 2.24) is 0 Å². The summed E-state index contributed by atoms with van der Waals surface area (Å²) in [6.45, 7) is 1.97. The molecule has 0 aromatic heterocycles. The van der Waals surface area contributed by atoms with Crippen LogP contribution in [0.2, 0.25) is 0 Å². The van der Waals surface area contributed by atoms with E-state index < -0.39 is 0 Å². The second-order valence-electron chi connectivity index (χ2n) is 6.43. The van der Waals surface area contributed by atoms with E-state index in [2.05, 4.69) is 5.16 Å². The van der Waals surface area contributed by atoms with E-state index >= 15 is 0 Å². The lowest BCUT2D eigenvalue weighted by molar-refractivity contribution is -0.0484. The highest BCUT2D eigenvalue weighted by Crippen LogP contribution is 2.61. The van der Waals surface area contributed by atoms with Crippen molar-refractivity contribution in [2.24, 2.45) is 28.3 Å². The molecule has 4 rings (SSSR count). The molecule has 0 unspecified atom stereocenters. The van der Waals surface area contributed by atoms with Crippen LogP contribution in [0.3, 0.4) is 0 Å². The summed E-state index contributed by atoms with van der Waals surface area (Å²) in [6.07, 6.45) is 9.76. The predicted octanol–water partition coefficient (Wildman–Crippen LogP) is 3.44. The van der Waals surface area contributed by atoms with Crippen LogP contribution in [0.15, 0.2) is 5.16 Å². The first-order valence-electron chi connectivity index (χ1n) is 6.37. The molecule has 0 radical (unpaired) electrons. The van der Waals surface area contributed by atoms with E-state index in [4.69, 9.17) is 5.21 Å². The Morgan fingerprint density at radius 1 is 1.13 bits per heavy atom. The van der Waals surface area contributed by atoms with Gasteiger partial charge in [-0.2, -0.15) is 0 Å². The van der Waals surface area contributed by atoms with E-state index in [0.717, 1.165) is 29.9 Å². The average molecular weight is 207 g/mol. The van der Waals surface area contributed by atoms with Crippen LogP contribution in [0, 0.1) is 23.2 Å². The van der Waals surface area contributed by atoms with Gasteiger partial charge in [-0.05, 0) is 75.0 Å². The van der Waals surface area contributed by atoms with Crippen LogP contribution in [0.25, 0.3) is 0 Å². The molecule has 0 aromatic carbocycles. The van der Waals surface area contributed by atoms with E-state index in [-0.39, 0.29) is 0 Å². The Kier molecular flexibility index (Phi) is 2.08. The summed E-state index contributed by atoms with van der Waals surface area (Å²) in [5, 5.41) is 12.2. The van der Waals surface area contributed by atoms with Crippen molar-refractivity contribution in [1.29, 1.82) is 0 Å². The molecule has 4 saturated carbocycles. The van der Waals surface area contributed by atoms with E-state index in [1.165, 1.54) is 38.5 Å². The van der Waals surface area contributed by atoms with Crippen LogP contribution in [-0.2, 0) is 0 Å². The predicted molar refractivity (Wildman–Crippen MR) is 60.1 cm³/mol. The number of oxime groups is 1.